The van der Waals surface area contributed by atoms with Crippen LogP contribution in [-0.4, -0.2) is 20.4 Å². The van der Waals surface area contributed by atoms with Gasteiger partial charge in [0.05, 0.1) is 29.8 Å². The quantitative estimate of drug-likeness (QED) is 0.708. The van der Waals surface area contributed by atoms with Crippen LogP contribution in [0, 0.1) is 30.1 Å². The minimum absolute atomic E-state index is 0.158. The van der Waals surface area contributed by atoms with Crippen molar-refractivity contribution in [1.29, 1.82) is 5.26 Å². The van der Waals surface area contributed by atoms with Gasteiger partial charge >= 0.3 is 0 Å². The summed E-state index contributed by atoms with van der Waals surface area (Å²) in [4.78, 5) is 20.8. The molecule has 0 aliphatic heterocycles. The molecule has 7 nitrogen and oxygen atoms in total. The molecule has 130 valence electrons. The summed E-state index contributed by atoms with van der Waals surface area (Å²) >= 11 is 0. The molecule has 0 saturated heterocycles. The van der Waals surface area contributed by atoms with E-state index in [1.165, 1.54) is 0 Å². The van der Waals surface area contributed by atoms with Gasteiger partial charge in [-0.15, -0.1) is 0 Å². The number of nitrogens with one attached hydrogen (secondary N) is 1. The summed E-state index contributed by atoms with van der Waals surface area (Å²) in [5.74, 6) is 0.813. The molecular weight excluding hydrogens is 328 g/mol. The first-order valence-electron chi connectivity index (χ1n) is 8.36. The molecule has 3 aromatic rings. The molecule has 0 bridgehead atoms. The molecule has 2 heterocycles. The predicted molar refractivity (Wildman–Crippen MR) is 98.9 cm³/mol. The molecule has 1 saturated carbocycles. The Morgan fingerprint density at radius 1 is 1.35 bits per heavy atom. The zero-order valence-corrected chi connectivity index (χ0v) is 14.5. The Bertz CT molecular complexity index is 1080. The first-order valence-corrected chi connectivity index (χ1v) is 8.36. The topological polar surface area (TPSA) is 110 Å². The van der Waals surface area contributed by atoms with Gasteiger partial charge in [-0.05, 0) is 36.9 Å². The lowest BCUT2D eigenvalue weighted by Gasteiger charge is -2.10. The summed E-state index contributed by atoms with van der Waals surface area (Å²) < 4.78 is 2.00. The molecule has 1 aromatic carbocycles. The lowest BCUT2D eigenvalue weighted by molar-refractivity contribution is -0.117. The van der Waals surface area contributed by atoms with E-state index in [1.54, 1.807) is 12.3 Å². The number of aryl methyl sites for hydroxylation is 1. The molecule has 1 amide bonds. The van der Waals surface area contributed by atoms with Crippen LogP contribution in [0.3, 0.4) is 0 Å². The van der Waals surface area contributed by atoms with Gasteiger partial charge in [0.1, 0.15) is 11.6 Å². The summed E-state index contributed by atoms with van der Waals surface area (Å²) in [5.41, 5.74) is 8.74. The molecule has 0 spiro atoms. The number of hydrogen-bond donors (Lipinski definition) is 2. The number of anilines is 2. The summed E-state index contributed by atoms with van der Waals surface area (Å²) in [6.07, 6.45) is 4.09. The van der Waals surface area contributed by atoms with Gasteiger partial charge in [-0.1, -0.05) is 0 Å². The SMILES string of the molecule is Cc1ncc(-c2cc(N)c3cnc(NC(=O)C4CC4C#N)cc3c2)n1C. The van der Waals surface area contributed by atoms with E-state index in [9.17, 15) is 4.79 Å². The fourth-order valence-electron chi connectivity index (χ4n) is 3.12. The Morgan fingerprint density at radius 2 is 2.15 bits per heavy atom. The number of nitrogen functional groups attached to an aromatic ring is 1. The highest BCUT2D eigenvalue weighted by atomic mass is 16.2. The third kappa shape index (κ3) is 2.65. The molecule has 2 unspecified atom stereocenters. The number of carbonyl (C=O) groups is 1. The average molecular weight is 346 g/mol. The van der Waals surface area contributed by atoms with Gasteiger partial charge < -0.3 is 15.6 Å². The third-order valence-corrected chi connectivity index (χ3v) is 4.93. The number of carbonyl (C=O) groups excluding carboxylic acids is 1. The van der Waals surface area contributed by atoms with Crippen molar-refractivity contribution >= 4 is 28.2 Å². The molecule has 3 N–H and O–H groups in total. The molecule has 4 rings (SSSR count). The lowest BCUT2D eigenvalue weighted by atomic mass is 10.0. The Balaban J connectivity index is 1.69. The molecular formula is C19H18N6O. The monoisotopic (exact) mass is 346 g/mol. The number of amides is 1. The molecule has 1 fully saturated rings. The van der Waals surface area contributed by atoms with Crippen molar-refractivity contribution in [3.8, 4) is 17.3 Å². The number of pyridine rings is 1. The normalized spacial score (nSPS) is 18.5. The van der Waals surface area contributed by atoms with E-state index in [-0.39, 0.29) is 17.7 Å². The number of nitrogens with zero attached hydrogens (tertiary/aromatic N) is 4. The first kappa shape index (κ1) is 16.1. The van der Waals surface area contributed by atoms with Gasteiger partial charge in [0.15, 0.2) is 0 Å². The standard InChI is InChI=1S/C19H18N6O/c1-10-22-9-17(25(10)2)12-3-11-6-18(23-8-15(11)16(21)5-12)24-19(26)14-4-13(14)7-20/h3,5-6,8-9,13-14H,4,21H2,1-2H3,(H,23,24,26). The molecule has 1 aliphatic carbocycles. The van der Waals surface area contributed by atoms with E-state index in [1.807, 2.05) is 36.9 Å². The second kappa shape index (κ2) is 5.85. The van der Waals surface area contributed by atoms with Crippen molar-refractivity contribution in [2.75, 3.05) is 11.1 Å². The van der Waals surface area contributed by atoms with Crippen molar-refractivity contribution in [1.82, 2.24) is 14.5 Å². The number of rotatable bonds is 3. The summed E-state index contributed by atoms with van der Waals surface area (Å²) in [7, 11) is 1.96. The number of imidazole rings is 1. The Morgan fingerprint density at radius 3 is 2.81 bits per heavy atom. The molecule has 26 heavy (non-hydrogen) atoms. The molecule has 0 radical (unpaired) electrons. The van der Waals surface area contributed by atoms with Crippen molar-refractivity contribution < 1.29 is 4.79 Å². The van der Waals surface area contributed by atoms with E-state index in [0.717, 1.165) is 27.9 Å². The maximum atomic E-state index is 12.1. The van der Waals surface area contributed by atoms with Crippen LogP contribution < -0.4 is 11.1 Å². The number of benzene rings is 1. The first-order chi connectivity index (χ1) is 12.5. The number of aromatic nitrogens is 3. The van der Waals surface area contributed by atoms with Gasteiger partial charge in [0, 0.05) is 29.9 Å². The minimum Gasteiger partial charge on any atom is -0.398 e. The highest BCUT2D eigenvalue weighted by molar-refractivity contribution is 6.00. The van der Waals surface area contributed by atoms with E-state index in [2.05, 4.69) is 21.4 Å². The highest BCUT2D eigenvalue weighted by Gasteiger charge is 2.43. The molecule has 7 heteroatoms. The van der Waals surface area contributed by atoms with Gasteiger partial charge in [-0.3, -0.25) is 4.79 Å². The summed E-state index contributed by atoms with van der Waals surface area (Å²) in [6, 6.07) is 7.84. The lowest BCUT2D eigenvalue weighted by Crippen LogP contribution is -2.15. The van der Waals surface area contributed by atoms with Crippen molar-refractivity contribution in [3.63, 3.8) is 0 Å². The summed E-state index contributed by atoms with van der Waals surface area (Å²) in [6.45, 7) is 1.94. The van der Waals surface area contributed by atoms with Crippen LogP contribution in [0.5, 0.6) is 0 Å². The second-order valence-electron chi connectivity index (χ2n) is 6.67. The second-order valence-corrected chi connectivity index (χ2v) is 6.67. The largest absolute Gasteiger partial charge is 0.398 e. The van der Waals surface area contributed by atoms with E-state index >= 15 is 0 Å². The molecule has 2 aromatic heterocycles. The van der Waals surface area contributed by atoms with Crippen molar-refractivity contribution in [2.24, 2.45) is 18.9 Å². The molecule has 2 atom stereocenters. The van der Waals surface area contributed by atoms with Crippen molar-refractivity contribution in [3.05, 3.63) is 36.4 Å². The van der Waals surface area contributed by atoms with Gasteiger partial charge in [-0.25, -0.2) is 9.97 Å². The van der Waals surface area contributed by atoms with Gasteiger partial charge in [-0.2, -0.15) is 5.26 Å². The van der Waals surface area contributed by atoms with Crippen LogP contribution in [0.15, 0.2) is 30.6 Å². The molecule has 1 aliphatic rings. The van der Waals surface area contributed by atoms with Gasteiger partial charge in [0.25, 0.3) is 0 Å². The van der Waals surface area contributed by atoms with Crippen LogP contribution in [0.1, 0.15) is 12.2 Å². The Hall–Kier alpha value is -3.40. The summed E-state index contributed by atoms with van der Waals surface area (Å²) in [5, 5.41) is 13.4. The zero-order chi connectivity index (χ0) is 18.4. The van der Waals surface area contributed by atoms with Crippen LogP contribution in [0.2, 0.25) is 0 Å². The number of fused-ring (bicyclic) bond motifs is 1. The zero-order valence-electron chi connectivity index (χ0n) is 14.5. The van der Waals surface area contributed by atoms with Crippen molar-refractivity contribution in [2.45, 2.75) is 13.3 Å². The predicted octanol–water partition coefficient (Wildman–Crippen LogP) is 2.62. The van der Waals surface area contributed by atoms with Gasteiger partial charge in [0.2, 0.25) is 5.91 Å². The smallest absolute Gasteiger partial charge is 0.230 e. The Labute approximate surface area is 150 Å². The van der Waals surface area contributed by atoms with Crippen LogP contribution in [-0.2, 0) is 11.8 Å². The van der Waals surface area contributed by atoms with E-state index in [4.69, 9.17) is 11.0 Å². The van der Waals surface area contributed by atoms with Crippen LogP contribution in [0.25, 0.3) is 22.0 Å². The number of hydrogen-bond acceptors (Lipinski definition) is 5. The Kier molecular flexibility index (Phi) is 3.62. The highest BCUT2D eigenvalue weighted by Crippen LogP contribution is 2.38. The minimum atomic E-state index is -0.230. The number of nitrogens with two attached hydrogens (primary N) is 1. The third-order valence-electron chi connectivity index (χ3n) is 4.93. The maximum Gasteiger partial charge on any atom is 0.230 e. The van der Waals surface area contributed by atoms with Crippen LogP contribution >= 0.6 is 0 Å². The average Bonchev–Trinajstić information content (AvgIpc) is 3.34. The van der Waals surface area contributed by atoms with E-state index in [0.29, 0.717) is 17.9 Å². The number of nitriles is 1. The fraction of sp³-hybridized carbons (Fsp3) is 0.263. The van der Waals surface area contributed by atoms with Crippen LogP contribution in [0.4, 0.5) is 11.5 Å². The van der Waals surface area contributed by atoms with E-state index < -0.39 is 0 Å². The maximum absolute atomic E-state index is 12.1. The fourth-order valence-corrected chi connectivity index (χ4v) is 3.12.